The number of hydrogen-bond acceptors (Lipinski definition) is 2. The molecule has 0 aromatic carbocycles. The minimum atomic E-state index is -0.346. The quantitative estimate of drug-likeness (QED) is 0.564. The lowest BCUT2D eigenvalue weighted by Gasteiger charge is -2.16. The summed E-state index contributed by atoms with van der Waals surface area (Å²) < 4.78 is 0. The van der Waals surface area contributed by atoms with Gasteiger partial charge in [-0.2, -0.15) is 0 Å². The zero-order valence-corrected chi connectivity index (χ0v) is 10.1. The van der Waals surface area contributed by atoms with Gasteiger partial charge in [0.2, 0.25) is 5.91 Å². The Kier molecular flexibility index (Phi) is 8.09. The van der Waals surface area contributed by atoms with Crippen LogP contribution in [0.4, 0.5) is 4.79 Å². The van der Waals surface area contributed by atoms with Crippen molar-refractivity contribution in [2.24, 2.45) is 0 Å². The number of urea groups is 1. The van der Waals surface area contributed by atoms with Crippen molar-refractivity contribution in [3.8, 4) is 0 Å². The molecule has 3 amide bonds. The summed E-state index contributed by atoms with van der Waals surface area (Å²) in [5.74, 6) is -0.0871. The Morgan fingerprint density at radius 3 is 2.53 bits per heavy atom. The fraction of sp³-hybridized carbons (Fsp3) is 0.800. The highest BCUT2D eigenvalue weighted by molar-refractivity contribution is 6.19. The molecule has 5 heteroatoms. The smallest absolute Gasteiger partial charge is 0.323 e. The van der Waals surface area contributed by atoms with Gasteiger partial charge in [-0.05, 0) is 6.42 Å². The number of nitrogens with zero attached hydrogens (tertiary/aromatic N) is 1. The summed E-state index contributed by atoms with van der Waals surface area (Å²) in [6, 6.07) is -0.346. The van der Waals surface area contributed by atoms with Crippen LogP contribution in [0.1, 0.15) is 32.6 Å². The number of imide groups is 1. The maximum absolute atomic E-state index is 11.4. The number of alkyl halides is 1. The van der Waals surface area contributed by atoms with Gasteiger partial charge in [-0.1, -0.05) is 19.8 Å². The third-order valence-corrected chi connectivity index (χ3v) is 2.20. The summed E-state index contributed by atoms with van der Waals surface area (Å²) in [7, 11) is 1.68. The number of amides is 3. The molecule has 0 rings (SSSR count). The van der Waals surface area contributed by atoms with E-state index in [0.717, 1.165) is 19.3 Å². The summed E-state index contributed by atoms with van der Waals surface area (Å²) in [6.07, 6.45) is 3.34. The maximum Gasteiger partial charge on any atom is 0.323 e. The van der Waals surface area contributed by atoms with Gasteiger partial charge in [-0.25, -0.2) is 4.79 Å². The van der Waals surface area contributed by atoms with Crippen molar-refractivity contribution in [2.75, 3.05) is 19.5 Å². The molecular formula is C10H19ClN2O2. The van der Waals surface area contributed by atoms with E-state index in [1.165, 1.54) is 4.90 Å². The lowest BCUT2D eigenvalue weighted by molar-refractivity contribution is -0.119. The number of halogens is 1. The van der Waals surface area contributed by atoms with E-state index < -0.39 is 0 Å². The zero-order valence-electron chi connectivity index (χ0n) is 9.38. The molecule has 0 radical (unpaired) electrons. The summed E-state index contributed by atoms with van der Waals surface area (Å²) in [5, 5.41) is 2.27. The van der Waals surface area contributed by atoms with Gasteiger partial charge in [0.15, 0.2) is 0 Å². The van der Waals surface area contributed by atoms with Gasteiger partial charge in [0, 0.05) is 25.9 Å². The third-order valence-electron chi connectivity index (χ3n) is 2.01. The van der Waals surface area contributed by atoms with Crippen molar-refractivity contribution >= 4 is 23.5 Å². The molecule has 0 aliphatic rings. The molecule has 0 aromatic heterocycles. The summed E-state index contributed by atoms with van der Waals surface area (Å²) in [6.45, 7) is 2.78. The number of carbonyl (C=O) groups is 2. The normalized spacial score (nSPS) is 9.80. The summed E-state index contributed by atoms with van der Waals surface area (Å²) >= 11 is 5.38. The number of hydrogen-bond donors (Lipinski definition) is 1. The molecule has 0 saturated heterocycles. The van der Waals surface area contributed by atoms with Crippen LogP contribution in [0, 0.1) is 0 Å². The van der Waals surface area contributed by atoms with Crippen LogP contribution in [0.2, 0.25) is 0 Å². The van der Waals surface area contributed by atoms with E-state index in [1.807, 2.05) is 0 Å². The fourth-order valence-electron chi connectivity index (χ4n) is 1.06. The predicted molar refractivity (Wildman–Crippen MR) is 61.0 cm³/mol. The monoisotopic (exact) mass is 234 g/mol. The number of rotatable bonds is 6. The standard InChI is InChI=1S/C10H19ClN2O2/c1-3-4-5-8-13(2)10(15)12-9(14)6-7-11/h3-8H2,1-2H3,(H,12,14,15). The summed E-state index contributed by atoms with van der Waals surface area (Å²) in [4.78, 5) is 23.9. The number of unbranched alkanes of at least 4 members (excludes halogenated alkanes) is 2. The van der Waals surface area contributed by atoms with Crippen molar-refractivity contribution in [1.82, 2.24) is 10.2 Å². The fourth-order valence-corrected chi connectivity index (χ4v) is 1.24. The molecule has 0 unspecified atom stereocenters. The molecule has 0 bridgehead atoms. The third kappa shape index (κ3) is 7.19. The molecule has 0 aromatic rings. The van der Waals surface area contributed by atoms with Crippen LogP contribution in [-0.4, -0.2) is 36.3 Å². The van der Waals surface area contributed by atoms with E-state index in [4.69, 9.17) is 11.6 Å². The van der Waals surface area contributed by atoms with Gasteiger partial charge < -0.3 is 4.90 Å². The average molecular weight is 235 g/mol. The second-order valence-electron chi connectivity index (χ2n) is 3.42. The zero-order chi connectivity index (χ0) is 11.7. The number of nitrogens with one attached hydrogen (secondary N) is 1. The largest absolute Gasteiger partial charge is 0.328 e. The van der Waals surface area contributed by atoms with Gasteiger partial charge in [0.25, 0.3) is 0 Å². The van der Waals surface area contributed by atoms with Gasteiger partial charge in [0.1, 0.15) is 0 Å². The molecule has 0 heterocycles. The van der Waals surface area contributed by atoms with Crippen LogP contribution in [0.15, 0.2) is 0 Å². The van der Waals surface area contributed by atoms with E-state index in [2.05, 4.69) is 12.2 Å². The van der Waals surface area contributed by atoms with Crippen LogP contribution in [0.3, 0.4) is 0 Å². The Balaban J connectivity index is 3.73. The summed E-state index contributed by atoms with van der Waals surface area (Å²) in [5.41, 5.74) is 0. The molecule has 88 valence electrons. The average Bonchev–Trinajstić information content (AvgIpc) is 2.18. The Morgan fingerprint density at radius 1 is 1.33 bits per heavy atom. The molecule has 4 nitrogen and oxygen atoms in total. The molecule has 15 heavy (non-hydrogen) atoms. The minimum Gasteiger partial charge on any atom is -0.328 e. The Hall–Kier alpha value is -0.770. The van der Waals surface area contributed by atoms with Crippen molar-refractivity contribution in [3.63, 3.8) is 0 Å². The van der Waals surface area contributed by atoms with Gasteiger partial charge >= 0.3 is 6.03 Å². The SMILES string of the molecule is CCCCCN(C)C(=O)NC(=O)CCCl. The number of carbonyl (C=O) groups excluding carboxylic acids is 2. The molecule has 0 spiro atoms. The first-order chi connectivity index (χ1) is 7.11. The highest BCUT2D eigenvalue weighted by atomic mass is 35.5. The molecule has 0 aliphatic heterocycles. The lowest BCUT2D eigenvalue weighted by Crippen LogP contribution is -2.41. The van der Waals surface area contributed by atoms with Crippen LogP contribution < -0.4 is 5.32 Å². The van der Waals surface area contributed by atoms with Crippen molar-refractivity contribution in [3.05, 3.63) is 0 Å². The Morgan fingerprint density at radius 2 is 2.00 bits per heavy atom. The first kappa shape index (κ1) is 14.2. The second kappa shape index (κ2) is 8.53. The van der Waals surface area contributed by atoms with E-state index in [1.54, 1.807) is 7.05 Å². The van der Waals surface area contributed by atoms with Crippen molar-refractivity contribution in [2.45, 2.75) is 32.6 Å². The molecule has 0 aliphatic carbocycles. The maximum atomic E-state index is 11.4. The molecule has 0 saturated carbocycles. The predicted octanol–water partition coefficient (Wildman–Crippen LogP) is 1.97. The lowest BCUT2D eigenvalue weighted by atomic mass is 10.2. The highest BCUT2D eigenvalue weighted by Gasteiger charge is 2.10. The van der Waals surface area contributed by atoms with Crippen LogP contribution in [0.25, 0.3) is 0 Å². The van der Waals surface area contributed by atoms with Crippen molar-refractivity contribution in [1.29, 1.82) is 0 Å². The highest BCUT2D eigenvalue weighted by Crippen LogP contribution is 1.96. The van der Waals surface area contributed by atoms with E-state index in [-0.39, 0.29) is 24.2 Å². The molecule has 0 atom stereocenters. The topological polar surface area (TPSA) is 49.4 Å². The van der Waals surface area contributed by atoms with Gasteiger partial charge in [0.05, 0.1) is 0 Å². The Labute approximate surface area is 96.0 Å². The first-order valence-corrected chi connectivity index (χ1v) is 5.76. The molecule has 1 N–H and O–H groups in total. The van der Waals surface area contributed by atoms with E-state index in [9.17, 15) is 9.59 Å². The van der Waals surface area contributed by atoms with Gasteiger partial charge in [-0.3, -0.25) is 10.1 Å². The van der Waals surface area contributed by atoms with Crippen LogP contribution >= 0.6 is 11.6 Å². The van der Waals surface area contributed by atoms with Crippen molar-refractivity contribution < 1.29 is 9.59 Å². The van der Waals surface area contributed by atoms with E-state index in [0.29, 0.717) is 6.54 Å². The molecule has 0 fully saturated rings. The first-order valence-electron chi connectivity index (χ1n) is 5.22. The minimum absolute atomic E-state index is 0.177. The Bertz CT molecular complexity index is 210. The van der Waals surface area contributed by atoms with Gasteiger partial charge in [-0.15, -0.1) is 11.6 Å². The van der Waals surface area contributed by atoms with E-state index >= 15 is 0 Å². The van der Waals surface area contributed by atoms with Crippen LogP contribution in [0.5, 0.6) is 0 Å². The molecular weight excluding hydrogens is 216 g/mol. The van der Waals surface area contributed by atoms with Crippen LogP contribution in [-0.2, 0) is 4.79 Å². The second-order valence-corrected chi connectivity index (χ2v) is 3.80.